The molecule has 0 aliphatic carbocycles. The van der Waals surface area contributed by atoms with Crippen LogP contribution in [0.3, 0.4) is 0 Å². The summed E-state index contributed by atoms with van der Waals surface area (Å²) in [6, 6.07) is 21.5. The summed E-state index contributed by atoms with van der Waals surface area (Å²) < 4.78 is 0. The molecule has 3 N–H and O–H groups in total. The van der Waals surface area contributed by atoms with Crippen molar-refractivity contribution in [2.75, 3.05) is 0 Å². The van der Waals surface area contributed by atoms with Gasteiger partial charge in [0.25, 0.3) is 0 Å². The largest absolute Gasteiger partial charge is 0.478 e. The summed E-state index contributed by atoms with van der Waals surface area (Å²) in [5.74, 6) is -1.04. The number of rotatable bonds is 2. The van der Waals surface area contributed by atoms with Crippen LogP contribution in [0.1, 0.15) is 33.1 Å². The maximum atomic E-state index is 12.2. The third kappa shape index (κ3) is 3.43. The van der Waals surface area contributed by atoms with Crippen LogP contribution in [-0.4, -0.2) is 31.0 Å². The van der Waals surface area contributed by atoms with Crippen molar-refractivity contribution >= 4 is 52.3 Å². The highest BCUT2D eigenvalue weighted by atomic mass is 16.4. The first-order valence-corrected chi connectivity index (χ1v) is 10.5. The van der Waals surface area contributed by atoms with E-state index in [0.717, 1.165) is 39.1 Å². The number of carbonyl (C=O) groups is 1. The Kier molecular flexibility index (Phi) is 4.30. The van der Waals surface area contributed by atoms with Crippen LogP contribution in [0, 0.1) is 0 Å². The number of hydrogen-bond donors (Lipinski definition) is 3. The van der Waals surface area contributed by atoms with Crippen molar-refractivity contribution in [1.29, 1.82) is 0 Å². The number of nitrogens with zero attached hydrogens (tertiary/aromatic N) is 2. The molecule has 1 aromatic carbocycles. The molecule has 2 aliphatic heterocycles. The number of hydrogen-bond acceptors (Lipinski definition) is 3. The monoisotopic (exact) mass is 430 g/mol. The van der Waals surface area contributed by atoms with Gasteiger partial charge in [0.15, 0.2) is 0 Å². The third-order valence-corrected chi connectivity index (χ3v) is 5.67. The predicted molar refractivity (Wildman–Crippen MR) is 131 cm³/mol. The molecule has 33 heavy (non-hydrogen) atoms. The van der Waals surface area contributed by atoms with Gasteiger partial charge < -0.3 is 15.1 Å². The van der Waals surface area contributed by atoms with E-state index in [9.17, 15) is 9.90 Å². The Morgan fingerprint density at radius 2 is 1.33 bits per heavy atom. The molecule has 0 radical (unpaired) electrons. The molecule has 0 fully saturated rings. The number of carboxylic acids is 1. The number of nitrogens with one attached hydrogen (secondary N) is 2. The van der Waals surface area contributed by atoms with E-state index in [1.807, 2.05) is 78.9 Å². The van der Waals surface area contributed by atoms with Gasteiger partial charge in [0.1, 0.15) is 5.56 Å². The molecule has 4 aromatic rings. The van der Waals surface area contributed by atoms with Crippen LogP contribution in [0.25, 0.3) is 57.5 Å². The van der Waals surface area contributed by atoms with Crippen molar-refractivity contribution in [3.63, 3.8) is 0 Å². The molecule has 2 aliphatic rings. The maximum Gasteiger partial charge on any atom is 0.340 e. The molecular formula is C27H18N4O2. The van der Waals surface area contributed by atoms with Gasteiger partial charge in [0.05, 0.1) is 28.3 Å². The van der Waals surface area contributed by atoms with Gasteiger partial charge in [-0.05, 0) is 66.3 Å². The summed E-state index contributed by atoms with van der Waals surface area (Å²) in [6.07, 6.45) is 7.51. The van der Waals surface area contributed by atoms with Crippen molar-refractivity contribution in [1.82, 2.24) is 19.9 Å². The lowest BCUT2D eigenvalue weighted by Crippen LogP contribution is -2.00. The Morgan fingerprint density at radius 3 is 2.03 bits per heavy atom. The zero-order valence-electron chi connectivity index (χ0n) is 17.4. The normalized spacial score (nSPS) is 12.2. The van der Waals surface area contributed by atoms with E-state index in [1.54, 1.807) is 12.1 Å². The summed E-state index contributed by atoms with van der Waals surface area (Å²) in [4.78, 5) is 28.3. The fourth-order valence-corrected chi connectivity index (χ4v) is 4.21. The smallest absolute Gasteiger partial charge is 0.340 e. The first-order chi connectivity index (χ1) is 16.1. The van der Waals surface area contributed by atoms with Crippen molar-refractivity contribution in [3.05, 3.63) is 95.1 Å². The molecule has 0 amide bonds. The molecule has 8 bridgehead atoms. The number of carboxylic acid groups (broad SMARTS) is 1. The van der Waals surface area contributed by atoms with Gasteiger partial charge in [0.2, 0.25) is 0 Å². The molecule has 0 atom stereocenters. The number of H-pyrrole nitrogens is 2. The van der Waals surface area contributed by atoms with E-state index in [2.05, 4.69) is 15.0 Å². The lowest BCUT2D eigenvalue weighted by atomic mass is 10.0. The molecule has 158 valence electrons. The maximum absolute atomic E-state index is 12.2. The van der Waals surface area contributed by atoms with Crippen LogP contribution in [0.15, 0.2) is 66.7 Å². The highest BCUT2D eigenvalue weighted by molar-refractivity contribution is 6.01. The Hall–Kier alpha value is -4.71. The quantitative estimate of drug-likeness (QED) is 0.313. The van der Waals surface area contributed by atoms with Crippen molar-refractivity contribution in [2.45, 2.75) is 0 Å². The Labute approximate surface area is 188 Å². The molecule has 0 unspecified atom stereocenters. The van der Waals surface area contributed by atoms with Crippen molar-refractivity contribution in [2.24, 2.45) is 0 Å². The van der Waals surface area contributed by atoms with Gasteiger partial charge in [-0.15, -0.1) is 0 Å². The van der Waals surface area contributed by atoms with E-state index in [-0.39, 0.29) is 5.56 Å². The first-order valence-electron chi connectivity index (χ1n) is 10.5. The van der Waals surface area contributed by atoms with Gasteiger partial charge in [-0.1, -0.05) is 30.3 Å². The molecule has 6 nitrogen and oxygen atoms in total. The van der Waals surface area contributed by atoms with Crippen LogP contribution >= 0.6 is 0 Å². The molecule has 0 spiro atoms. The van der Waals surface area contributed by atoms with Gasteiger partial charge in [-0.25, -0.2) is 14.8 Å². The summed E-state index contributed by atoms with van der Waals surface area (Å²) in [7, 11) is 0. The fraction of sp³-hybridized carbons (Fsp3) is 0. The second-order valence-electron chi connectivity index (χ2n) is 7.88. The number of aromatic amines is 2. The second kappa shape index (κ2) is 7.46. The average Bonchev–Trinajstić information content (AvgIpc) is 3.60. The first kappa shape index (κ1) is 19.0. The van der Waals surface area contributed by atoms with Crippen molar-refractivity contribution < 1.29 is 9.90 Å². The van der Waals surface area contributed by atoms with Crippen molar-refractivity contribution in [3.8, 4) is 11.1 Å². The zero-order valence-corrected chi connectivity index (χ0v) is 17.4. The van der Waals surface area contributed by atoms with E-state index >= 15 is 0 Å². The molecular weight excluding hydrogens is 412 g/mol. The van der Waals surface area contributed by atoms with E-state index < -0.39 is 5.97 Å². The molecule has 0 saturated heterocycles. The second-order valence-corrected chi connectivity index (χ2v) is 7.88. The zero-order chi connectivity index (χ0) is 22.4. The van der Waals surface area contributed by atoms with Gasteiger partial charge in [-0.2, -0.15) is 0 Å². The molecule has 3 aromatic heterocycles. The number of fused-ring (bicyclic) bond motifs is 8. The Morgan fingerprint density at radius 1 is 0.697 bits per heavy atom. The fourth-order valence-electron chi connectivity index (χ4n) is 4.21. The minimum Gasteiger partial charge on any atom is -0.478 e. The molecule has 5 heterocycles. The van der Waals surface area contributed by atoms with Crippen LogP contribution in [-0.2, 0) is 0 Å². The standard InChI is InChI=1S/C27H18N4O2/c32-27(33)26-23-11-9-20(30-23)15-18-7-6-17(28-18)14-19-8-10-21(29-19)25(16-4-2-1-3-5-16)22-12-13-24(26)31-22/h1-15,29-30H,(H,32,33). The summed E-state index contributed by atoms with van der Waals surface area (Å²) >= 11 is 0. The van der Waals surface area contributed by atoms with Gasteiger partial charge in [-0.3, -0.25) is 0 Å². The third-order valence-electron chi connectivity index (χ3n) is 5.67. The summed E-state index contributed by atoms with van der Waals surface area (Å²) in [5, 5.41) is 10.0. The highest BCUT2D eigenvalue weighted by Gasteiger charge is 2.17. The van der Waals surface area contributed by atoms with Gasteiger partial charge >= 0.3 is 5.97 Å². The number of aromatic nitrogens is 4. The topological polar surface area (TPSA) is 94.7 Å². The van der Waals surface area contributed by atoms with E-state index in [4.69, 9.17) is 4.98 Å². The lowest BCUT2D eigenvalue weighted by Gasteiger charge is -2.03. The van der Waals surface area contributed by atoms with Crippen LogP contribution in [0.5, 0.6) is 0 Å². The number of aromatic carboxylic acids is 1. The minimum absolute atomic E-state index is 0.122. The molecule has 6 rings (SSSR count). The Balaban J connectivity index is 1.78. The molecule has 6 heteroatoms. The van der Waals surface area contributed by atoms with Crippen LogP contribution < -0.4 is 0 Å². The van der Waals surface area contributed by atoms with E-state index in [1.165, 1.54) is 0 Å². The lowest BCUT2D eigenvalue weighted by molar-refractivity contribution is 0.0698. The SMILES string of the molecule is O=C(O)c1c2nc(c(-c3ccccc3)c3ccc(cc4nc(cc5ccc1[nH]5)C=C4)[nH]3)C=C2. The molecule has 0 saturated carbocycles. The Bertz CT molecular complexity index is 1640. The van der Waals surface area contributed by atoms with E-state index in [0.29, 0.717) is 16.9 Å². The summed E-state index contributed by atoms with van der Waals surface area (Å²) in [5.41, 5.74) is 7.80. The van der Waals surface area contributed by atoms with Gasteiger partial charge in [0, 0.05) is 22.1 Å². The van der Waals surface area contributed by atoms with Crippen LogP contribution in [0.2, 0.25) is 0 Å². The minimum atomic E-state index is -1.04. The predicted octanol–water partition coefficient (Wildman–Crippen LogP) is 6.02. The average molecular weight is 430 g/mol. The summed E-state index contributed by atoms with van der Waals surface area (Å²) in [6.45, 7) is 0. The number of benzene rings is 1. The van der Waals surface area contributed by atoms with Crippen LogP contribution in [0.4, 0.5) is 0 Å². The highest BCUT2D eigenvalue weighted by Crippen LogP contribution is 2.30.